The minimum Gasteiger partial charge on any atom is -0.298 e. The van der Waals surface area contributed by atoms with Gasteiger partial charge in [-0.3, -0.25) is 15.5 Å². The highest BCUT2D eigenvalue weighted by Gasteiger charge is 2.14. The van der Waals surface area contributed by atoms with Crippen LogP contribution >= 0.6 is 24.0 Å². The number of thiocarbonyl (C=S) groups is 1. The van der Waals surface area contributed by atoms with E-state index in [1.54, 1.807) is 10.7 Å². The molecule has 8 heteroatoms. The van der Waals surface area contributed by atoms with Crippen molar-refractivity contribution in [2.75, 3.05) is 11.2 Å². The lowest BCUT2D eigenvalue weighted by Crippen LogP contribution is -2.38. The molecule has 25 heavy (non-hydrogen) atoms. The Hall–Kier alpha value is -2.45. The van der Waals surface area contributed by atoms with Gasteiger partial charge in [-0.05, 0) is 41.7 Å². The van der Waals surface area contributed by atoms with Crippen molar-refractivity contribution in [3.05, 3.63) is 53.9 Å². The van der Waals surface area contributed by atoms with Crippen LogP contribution in [0.25, 0.3) is 10.8 Å². The monoisotopic (exact) mass is 371 g/mol. The van der Waals surface area contributed by atoms with E-state index in [1.165, 1.54) is 11.8 Å². The number of hydrogen-bond donors (Lipinski definition) is 2. The molecule has 1 heterocycles. The first-order valence-electron chi connectivity index (χ1n) is 7.75. The van der Waals surface area contributed by atoms with E-state index in [9.17, 15) is 4.79 Å². The van der Waals surface area contributed by atoms with Gasteiger partial charge < -0.3 is 0 Å². The normalized spacial score (nSPS) is 10.6. The third-order valence-electron chi connectivity index (χ3n) is 3.54. The van der Waals surface area contributed by atoms with Gasteiger partial charge in [0.05, 0.1) is 0 Å². The van der Waals surface area contributed by atoms with Crippen molar-refractivity contribution in [3.8, 4) is 0 Å². The summed E-state index contributed by atoms with van der Waals surface area (Å²) in [5.41, 5.74) is 3.54. The third kappa shape index (κ3) is 3.80. The van der Waals surface area contributed by atoms with E-state index < -0.39 is 0 Å². The van der Waals surface area contributed by atoms with E-state index in [0.29, 0.717) is 16.5 Å². The van der Waals surface area contributed by atoms with Crippen molar-refractivity contribution in [1.29, 1.82) is 0 Å². The fraction of sp³-hybridized carbons (Fsp3) is 0.176. The number of aromatic nitrogens is 3. The first-order chi connectivity index (χ1) is 12.1. The summed E-state index contributed by atoms with van der Waals surface area (Å²) in [4.78, 5) is 12.6. The molecule has 3 aromatic rings. The van der Waals surface area contributed by atoms with E-state index in [-0.39, 0.29) is 11.0 Å². The van der Waals surface area contributed by atoms with Crippen LogP contribution in [-0.2, 0) is 0 Å². The van der Waals surface area contributed by atoms with Crippen LogP contribution in [0.5, 0.6) is 0 Å². The molecule has 0 radical (unpaired) electrons. The van der Waals surface area contributed by atoms with Crippen LogP contribution in [0.2, 0.25) is 0 Å². The van der Waals surface area contributed by atoms with Gasteiger partial charge in [-0.15, -0.1) is 10.2 Å². The molecule has 0 saturated heterocycles. The Morgan fingerprint density at radius 1 is 1.20 bits per heavy atom. The molecule has 0 fully saturated rings. The Bertz CT molecular complexity index is 932. The molecule has 0 unspecified atom stereocenters. The summed E-state index contributed by atoms with van der Waals surface area (Å²) in [5.74, 6) is 1.26. The van der Waals surface area contributed by atoms with Crippen molar-refractivity contribution in [3.63, 3.8) is 0 Å². The van der Waals surface area contributed by atoms with E-state index in [2.05, 4.69) is 20.9 Å². The maximum absolute atomic E-state index is 12.6. The topological polar surface area (TPSA) is 71.8 Å². The number of nitrogens with zero attached hydrogens (tertiary/aromatic N) is 3. The number of nitrogens with one attached hydrogen (secondary N) is 2. The standard InChI is InChI=1S/C17H17N5OS2/c1-3-25-17-20-19-11(2)22(17)21-16(24)18-15(23)14-10-6-8-12-7-4-5-9-13(12)14/h4-10H,3H2,1-2H3,(H2,18,21,23,24). The van der Waals surface area contributed by atoms with Gasteiger partial charge in [0.15, 0.2) is 5.11 Å². The minimum absolute atomic E-state index is 0.193. The van der Waals surface area contributed by atoms with Crippen LogP contribution in [0.15, 0.2) is 47.6 Å². The first kappa shape index (κ1) is 17.4. The summed E-state index contributed by atoms with van der Waals surface area (Å²) < 4.78 is 1.67. The van der Waals surface area contributed by atoms with Crippen molar-refractivity contribution in [2.24, 2.45) is 0 Å². The molecule has 0 aliphatic carbocycles. The number of thioether (sulfide) groups is 1. The lowest BCUT2D eigenvalue weighted by Gasteiger charge is -2.13. The zero-order valence-electron chi connectivity index (χ0n) is 13.8. The average Bonchev–Trinajstić information content (AvgIpc) is 2.95. The molecule has 0 aliphatic rings. The van der Waals surface area contributed by atoms with Crippen LogP contribution in [0.4, 0.5) is 0 Å². The summed E-state index contributed by atoms with van der Waals surface area (Å²) in [6.45, 7) is 3.84. The highest BCUT2D eigenvalue weighted by Crippen LogP contribution is 2.18. The molecule has 0 saturated carbocycles. The molecule has 128 valence electrons. The molecule has 1 amide bonds. The zero-order valence-corrected chi connectivity index (χ0v) is 15.4. The van der Waals surface area contributed by atoms with Crippen molar-refractivity contribution in [2.45, 2.75) is 19.0 Å². The summed E-state index contributed by atoms with van der Waals surface area (Å²) in [5, 5.41) is 13.6. The maximum Gasteiger partial charge on any atom is 0.258 e. The van der Waals surface area contributed by atoms with Gasteiger partial charge >= 0.3 is 0 Å². The fourth-order valence-corrected chi connectivity index (χ4v) is 3.27. The van der Waals surface area contributed by atoms with Crippen LogP contribution < -0.4 is 10.7 Å². The van der Waals surface area contributed by atoms with Gasteiger partial charge in [-0.2, -0.15) is 0 Å². The maximum atomic E-state index is 12.6. The van der Waals surface area contributed by atoms with Crippen LogP contribution in [0.1, 0.15) is 23.1 Å². The smallest absolute Gasteiger partial charge is 0.258 e. The SMILES string of the molecule is CCSc1nnc(C)n1NC(=S)NC(=O)c1cccc2ccccc12. The van der Waals surface area contributed by atoms with Crippen molar-refractivity contribution < 1.29 is 4.79 Å². The molecule has 6 nitrogen and oxygen atoms in total. The predicted octanol–water partition coefficient (Wildman–Crippen LogP) is 3.11. The molecule has 3 rings (SSSR count). The third-order valence-corrected chi connectivity index (χ3v) is 4.55. The lowest BCUT2D eigenvalue weighted by molar-refractivity contribution is 0.0979. The van der Waals surface area contributed by atoms with Gasteiger partial charge in [-0.25, -0.2) is 4.68 Å². The Morgan fingerprint density at radius 2 is 1.96 bits per heavy atom. The highest BCUT2D eigenvalue weighted by atomic mass is 32.2. The van der Waals surface area contributed by atoms with Crippen LogP contribution in [0, 0.1) is 6.92 Å². The second kappa shape index (κ2) is 7.62. The number of rotatable bonds is 4. The summed E-state index contributed by atoms with van der Waals surface area (Å²) in [6, 6.07) is 13.3. The Morgan fingerprint density at radius 3 is 2.76 bits per heavy atom. The molecule has 0 bridgehead atoms. The summed E-state index contributed by atoms with van der Waals surface area (Å²) in [7, 11) is 0. The molecule has 0 aliphatic heterocycles. The van der Waals surface area contributed by atoms with E-state index >= 15 is 0 Å². The van der Waals surface area contributed by atoms with Crippen LogP contribution in [-0.4, -0.2) is 31.6 Å². The van der Waals surface area contributed by atoms with Gasteiger partial charge in [0, 0.05) is 5.56 Å². The van der Waals surface area contributed by atoms with Gasteiger partial charge in [0.25, 0.3) is 5.91 Å². The second-order valence-electron chi connectivity index (χ2n) is 5.22. The van der Waals surface area contributed by atoms with Gasteiger partial charge in [0.1, 0.15) is 5.82 Å². The molecule has 0 atom stereocenters. The number of fused-ring (bicyclic) bond motifs is 1. The number of benzene rings is 2. The largest absolute Gasteiger partial charge is 0.298 e. The van der Waals surface area contributed by atoms with Gasteiger partial charge in [-0.1, -0.05) is 55.1 Å². The number of carbonyl (C=O) groups is 1. The van der Waals surface area contributed by atoms with E-state index in [1.807, 2.05) is 50.2 Å². The van der Waals surface area contributed by atoms with Crippen molar-refractivity contribution in [1.82, 2.24) is 20.2 Å². The Labute approximate surface area is 155 Å². The molecule has 1 aromatic heterocycles. The highest BCUT2D eigenvalue weighted by molar-refractivity contribution is 7.99. The number of aryl methyl sites for hydroxylation is 1. The quantitative estimate of drug-likeness (QED) is 0.542. The predicted molar refractivity (Wildman–Crippen MR) is 105 cm³/mol. The fourth-order valence-electron chi connectivity index (χ4n) is 2.42. The summed E-state index contributed by atoms with van der Waals surface area (Å²) in [6.07, 6.45) is 0. The van der Waals surface area contributed by atoms with E-state index in [4.69, 9.17) is 12.2 Å². The zero-order chi connectivity index (χ0) is 17.8. The van der Waals surface area contributed by atoms with Crippen molar-refractivity contribution >= 4 is 45.8 Å². The molecular formula is C17H17N5OS2. The molecule has 2 N–H and O–H groups in total. The molecule has 0 spiro atoms. The lowest BCUT2D eigenvalue weighted by atomic mass is 10.0. The minimum atomic E-state index is -0.260. The van der Waals surface area contributed by atoms with E-state index in [0.717, 1.165) is 16.5 Å². The van der Waals surface area contributed by atoms with Gasteiger partial charge in [0.2, 0.25) is 5.16 Å². The molecule has 2 aromatic carbocycles. The molecular weight excluding hydrogens is 354 g/mol. The number of hydrogen-bond acceptors (Lipinski definition) is 5. The average molecular weight is 371 g/mol. The van der Waals surface area contributed by atoms with Crippen LogP contribution in [0.3, 0.4) is 0 Å². The first-order valence-corrected chi connectivity index (χ1v) is 9.14. The summed E-state index contributed by atoms with van der Waals surface area (Å²) >= 11 is 6.81. The number of amides is 1. The number of carbonyl (C=O) groups excluding carboxylic acids is 1. The second-order valence-corrected chi connectivity index (χ2v) is 6.86. The Balaban J connectivity index is 1.77. The Kier molecular flexibility index (Phi) is 5.30.